The molecule has 96 valence electrons. The Balaban J connectivity index is 1.95. The number of nitrogens with one attached hydrogen (secondary N) is 2. The molecule has 0 saturated carbocycles. The summed E-state index contributed by atoms with van der Waals surface area (Å²) in [6, 6.07) is 19.6. The van der Waals surface area contributed by atoms with Gasteiger partial charge < -0.3 is 0 Å². The van der Waals surface area contributed by atoms with Gasteiger partial charge in [0.25, 0.3) is 0 Å². The van der Waals surface area contributed by atoms with Gasteiger partial charge in [-0.3, -0.25) is 0 Å². The maximum atomic E-state index is 5.85. The molecule has 2 aromatic rings. The molecule has 2 aromatic carbocycles. The van der Waals surface area contributed by atoms with Crippen molar-refractivity contribution in [3.63, 3.8) is 0 Å². The van der Waals surface area contributed by atoms with Crippen LogP contribution >= 0.6 is 0 Å². The van der Waals surface area contributed by atoms with E-state index in [9.17, 15) is 0 Å². The van der Waals surface area contributed by atoms with Gasteiger partial charge in [0, 0.05) is 0 Å². The zero-order valence-corrected chi connectivity index (χ0v) is 13.1. The number of hydrogen-bond donors (Lipinski definition) is 3. The number of benzene rings is 2. The van der Waals surface area contributed by atoms with Crippen molar-refractivity contribution < 1.29 is 19.4 Å². The van der Waals surface area contributed by atoms with Gasteiger partial charge in [0.2, 0.25) is 0 Å². The minimum absolute atomic E-state index is 0.375. The summed E-state index contributed by atoms with van der Waals surface area (Å²) in [5.74, 6) is 0.375. The Hall–Kier alpha value is -1.93. The van der Waals surface area contributed by atoms with Crippen LogP contribution in [0, 0.1) is 0 Å². The average Bonchev–Trinajstić information content (AvgIpc) is 2.40. The van der Waals surface area contributed by atoms with Crippen LogP contribution in [0.4, 0.5) is 11.4 Å². The van der Waals surface area contributed by atoms with E-state index in [1.54, 1.807) is 0 Å². The summed E-state index contributed by atoms with van der Waals surface area (Å²) in [7, 11) is 0. The van der Waals surface area contributed by atoms with E-state index >= 15 is 0 Å². The summed E-state index contributed by atoms with van der Waals surface area (Å²) in [5.41, 5.74) is 7.78. The van der Waals surface area contributed by atoms with Crippen molar-refractivity contribution >= 4 is 21.5 Å². The number of rotatable bonds is 4. The van der Waals surface area contributed by atoms with E-state index in [-0.39, 0.29) is 0 Å². The second-order valence-corrected chi connectivity index (χ2v) is 5.17. The normalized spacial score (nSPS) is 10.8. The molecule has 4 N–H and O–H groups in total. The summed E-state index contributed by atoms with van der Waals surface area (Å²) in [4.78, 5) is 4.29. The Morgan fingerprint density at radius 2 is 1.32 bits per heavy atom. The van der Waals surface area contributed by atoms with Crippen LogP contribution in [0.25, 0.3) is 0 Å². The van der Waals surface area contributed by atoms with Gasteiger partial charge in [0.15, 0.2) is 0 Å². The van der Waals surface area contributed by atoms with E-state index in [0.29, 0.717) is 5.96 Å². The van der Waals surface area contributed by atoms with Crippen LogP contribution in [0.2, 0.25) is 0 Å². The fourth-order valence-corrected chi connectivity index (χ4v) is 2.26. The standard InChI is InChI=1S/C14H14N4.W/c15-14(18-13-9-5-2-6-10-13)17-11-16-12-7-3-1-4-8-12;/h1-10,16H,(H3,15,17,18);. The zero-order chi connectivity index (χ0) is 13.5. The summed E-state index contributed by atoms with van der Waals surface area (Å²) in [6.45, 7) is 0. The Bertz CT molecular complexity index is 567. The van der Waals surface area contributed by atoms with E-state index in [1.165, 1.54) is 19.4 Å². The molecular weight excluding hydrogens is 408 g/mol. The average molecular weight is 422 g/mol. The molecule has 4 nitrogen and oxygen atoms in total. The third kappa shape index (κ3) is 4.68. The first kappa shape index (κ1) is 13.5. The third-order valence-electron chi connectivity index (χ3n) is 2.29. The molecule has 0 fully saturated rings. The van der Waals surface area contributed by atoms with Crippen molar-refractivity contribution in [3.8, 4) is 0 Å². The summed E-state index contributed by atoms with van der Waals surface area (Å²) >= 11 is 1.22. The van der Waals surface area contributed by atoms with Gasteiger partial charge in [-0.25, -0.2) is 0 Å². The quantitative estimate of drug-likeness (QED) is 0.523. The van der Waals surface area contributed by atoms with Gasteiger partial charge in [-0.05, 0) is 0 Å². The Morgan fingerprint density at radius 1 is 0.842 bits per heavy atom. The fourth-order valence-electron chi connectivity index (χ4n) is 1.48. The molecule has 0 aliphatic carbocycles. The van der Waals surface area contributed by atoms with Gasteiger partial charge >= 0.3 is 123 Å². The number of aliphatic imine (C=N–C) groups is 1. The van der Waals surface area contributed by atoms with Gasteiger partial charge in [0.1, 0.15) is 0 Å². The molecule has 0 aromatic heterocycles. The molecule has 0 atom stereocenters. The molecule has 0 saturated heterocycles. The molecule has 0 amide bonds. The van der Waals surface area contributed by atoms with Crippen molar-refractivity contribution in [2.75, 3.05) is 10.6 Å². The first-order chi connectivity index (χ1) is 9.24. The van der Waals surface area contributed by atoms with Crippen LogP contribution in [0.15, 0.2) is 65.7 Å². The van der Waals surface area contributed by atoms with Crippen LogP contribution < -0.4 is 16.4 Å². The van der Waals surface area contributed by atoms with Crippen molar-refractivity contribution in [3.05, 3.63) is 60.7 Å². The van der Waals surface area contributed by atoms with Crippen LogP contribution in [0.5, 0.6) is 0 Å². The van der Waals surface area contributed by atoms with Crippen molar-refractivity contribution in [1.82, 2.24) is 0 Å². The van der Waals surface area contributed by atoms with Crippen LogP contribution in [0.1, 0.15) is 0 Å². The Morgan fingerprint density at radius 3 is 1.84 bits per heavy atom. The zero-order valence-electron chi connectivity index (χ0n) is 10.2. The molecule has 0 aliphatic rings. The van der Waals surface area contributed by atoms with Crippen LogP contribution in [-0.4, -0.2) is 10.1 Å². The Kier molecular flexibility index (Phi) is 4.87. The van der Waals surface area contributed by atoms with Gasteiger partial charge in [-0.2, -0.15) is 0 Å². The van der Waals surface area contributed by atoms with Crippen LogP contribution in [0.3, 0.4) is 0 Å². The maximum absolute atomic E-state index is 5.85. The molecule has 0 aliphatic heterocycles. The van der Waals surface area contributed by atoms with Gasteiger partial charge in [0.05, 0.1) is 0 Å². The topological polar surface area (TPSA) is 62.4 Å². The SMILES string of the molecule is NC(=N[C](=[W])Nc1ccccc1)Nc1ccccc1. The van der Waals surface area contributed by atoms with E-state index in [0.717, 1.165) is 15.5 Å². The van der Waals surface area contributed by atoms with Gasteiger partial charge in [-0.1, -0.05) is 0 Å². The molecule has 0 radical (unpaired) electrons. The predicted octanol–water partition coefficient (Wildman–Crippen LogP) is 2.16. The summed E-state index contributed by atoms with van der Waals surface area (Å²) in [5, 5.41) is 6.24. The van der Waals surface area contributed by atoms with E-state index in [4.69, 9.17) is 5.73 Å². The van der Waals surface area contributed by atoms with Crippen molar-refractivity contribution in [2.24, 2.45) is 10.7 Å². The summed E-state index contributed by atoms with van der Waals surface area (Å²) in [6.07, 6.45) is 0. The fraction of sp³-hybridized carbons (Fsp3) is 0. The third-order valence-corrected chi connectivity index (χ3v) is 2.99. The van der Waals surface area contributed by atoms with E-state index in [2.05, 4.69) is 15.6 Å². The first-order valence-corrected chi connectivity index (χ1v) is 7.23. The van der Waals surface area contributed by atoms with Crippen molar-refractivity contribution in [2.45, 2.75) is 0 Å². The van der Waals surface area contributed by atoms with E-state index in [1.807, 2.05) is 60.7 Å². The predicted molar refractivity (Wildman–Crippen MR) is 76.8 cm³/mol. The van der Waals surface area contributed by atoms with Crippen LogP contribution in [-0.2, 0) is 19.4 Å². The van der Waals surface area contributed by atoms with E-state index < -0.39 is 0 Å². The molecule has 0 bridgehead atoms. The number of anilines is 2. The summed E-state index contributed by atoms with van der Waals surface area (Å²) < 4.78 is 0.812. The molecule has 19 heavy (non-hydrogen) atoms. The monoisotopic (exact) mass is 422 g/mol. The molecule has 0 unspecified atom stereocenters. The van der Waals surface area contributed by atoms with Crippen molar-refractivity contribution in [1.29, 1.82) is 0 Å². The number of guanidine groups is 1. The Labute approximate surface area is 123 Å². The second-order valence-electron chi connectivity index (χ2n) is 3.78. The number of nitrogens with zero attached hydrogens (tertiary/aromatic N) is 1. The number of hydrogen-bond acceptors (Lipinski definition) is 2. The second kappa shape index (κ2) is 6.86. The number of para-hydroxylation sites is 2. The molecule has 0 spiro atoms. The minimum atomic E-state index is 0.375. The molecule has 0 heterocycles. The molecular formula is C14H14N4W. The first-order valence-electron chi connectivity index (χ1n) is 5.76. The molecule has 2 rings (SSSR count). The molecule has 5 heteroatoms. The number of nitrogens with two attached hydrogens (primary N) is 1. The van der Waals surface area contributed by atoms with Gasteiger partial charge in [-0.15, -0.1) is 0 Å².